The Bertz CT molecular complexity index is 149. The van der Waals surface area contributed by atoms with Crippen LogP contribution in [0.25, 0.3) is 0 Å². The maximum absolute atomic E-state index is 9.77. The van der Waals surface area contributed by atoms with Gasteiger partial charge in [-0.25, -0.2) is 0 Å². The van der Waals surface area contributed by atoms with Gasteiger partial charge >= 0.3 is 0 Å². The highest BCUT2D eigenvalue weighted by atomic mass is 16.5. The van der Waals surface area contributed by atoms with Gasteiger partial charge < -0.3 is 4.74 Å². The Morgan fingerprint density at radius 2 is 2.75 bits per heavy atom. The third kappa shape index (κ3) is 0.932. The van der Waals surface area contributed by atoms with Crippen molar-refractivity contribution in [2.24, 2.45) is 4.99 Å². The first kappa shape index (κ1) is 5.03. The van der Waals surface area contributed by atoms with Crippen molar-refractivity contribution in [3.63, 3.8) is 0 Å². The molecule has 0 aromatic rings. The maximum Gasteiger partial charge on any atom is 0.272 e. The van der Waals surface area contributed by atoms with E-state index in [2.05, 4.69) is 4.99 Å². The van der Waals surface area contributed by atoms with Gasteiger partial charge in [-0.1, -0.05) is 0 Å². The fourth-order valence-electron chi connectivity index (χ4n) is 0.384. The minimum absolute atomic E-state index is 0.174. The van der Waals surface area contributed by atoms with Gasteiger partial charge in [0.05, 0.1) is 6.20 Å². The molecule has 0 amide bonds. The predicted octanol–water partition coefficient (Wildman–Crippen LogP) is 0.0385. The summed E-state index contributed by atoms with van der Waals surface area (Å²) in [5.74, 6) is 0.174. The van der Waals surface area contributed by atoms with Gasteiger partial charge in [0.2, 0.25) is 0 Å². The average Bonchev–Trinajstić information content (AvgIpc) is 1.90. The Kier molecular flexibility index (Phi) is 1.42. The monoisotopic (exact) mass is 110 g/mol. The molecule has 0 fully saturated rings. The van der Waals surface area contributed by atoms with Crippen molar-refractivity contribution in [2.45, 2.75) is 0 Å². The normalized spacial score (nSPS) is 16.8. The predicted molar refractivity (Wildman–Crippen MR) is 28.2 cm³/mol. The molecule has 0 aromatic carbocycles. The summed E-state index contributed by atoms with van der Waals surface area (Å²) in [6.07, 6.45) is 4.48. The quantitative estimate of drug-likeness (QED) is 0.478. The van der Waals surface area contributed by atoms with Crippen LogP contribution >= 0.6 is 0 Å². The second-order valence-electron chi connectivity index (χ2n) is 1.24. The molecular formula is C5H4NO2. The SMILES string of the molecule is O=[C]C1=CN=CCO1. The zero-order chi connectivity index (χ0) is 5.82. The second kappa shape index (κ2) is 2.26. The molecule has 1 rings (SSSR count). The summed E-state index contributed by atoms with van der Waals surface area (Å²) in [6, 6.07) is 0. The van der Waals surface area contributed by atoms with Crippen LogP contribution in [0.4, 0.5) is 0 Å². The zero-order valence-corrected chi connectivity index (χ0v) is 4.13. The van der Waals surface area contributed by atoms with Gasteiger partial charge in [0, 0.05) is 6.21 Å². The van der Waals surface area contributed by atoms with Gasteiger partial charge in [0.25, 0.3) is 6.29 Å². The van der Waals surface area contributed by atoms with Crippen LogP contribution in [0.2, 0.25) is 0 Å². The molecule has 0 unspecified atom stereocenters. The second-order valence-corrected chi connectivity index (χ2v) is 1.24. The van der Waals surface area contributed by atoms with E-state index in [1.807, 2.05) is 0 Å². The molecule has 0 aliphatic carbocycles. The number of ether oxygens (including phenoxy) is 1. The van der Waals surface area contributed by atoms with E-state index in [-0.39, 0.29) is 5.76 Å². The summed E-state index contributed by atoms with van der Waals surface area (Å²) in [4.78, 5) is 13.4. The van der Waals surface area contributed by atoms with Gasteiger partial charge in [-0.2, -0.15) is 0 Å². The lowest BCUT2D eigenvalue weighted by Gasteiger charge is -2.01. The van der Waals surface area contributed by atoms with Gasteiger partial charge in [-0.15, -0.1) is 0 Å². The van der Waals surface area contributed by atoms with E-state index >= 15 is 0 Å². The summed E-state index contributed by atoms with van der Waals surface area (Å²) in [6.45, 7) is 0.376. The van der Waals surface area contributed by atoms with Crippen molar-refractivity contribution in [1.29, 1.82) is 0 Å². The average molecular weight is 110 g/mol. The van der Waals surface area contributed by atoms with Crippen LogP contribution in [0.5, 0.6) is 0 Å². The van der Waals surface area contributed by atoms with Gasteiger partial charge in [-0.05, 0) is 0 Å². The van der Waals surface area contributed by atoms with Crippen LogP contribution < -0.4 is 0 Å². The van der Waals surface area contributed by atoms with Crippen molar-refractivity contribution in [1.82, 2.24) is 0 Å². The van der Waals surface area contributed by atoms with Crippen molar-refractivity contribution in [3.05, 3.63) is 12.0 Å². The van der Waals surface area contributed by atoms with E-state index in [0.717, 1.165) is 0 Å². The summed E-state index contributed by atoms with van der Waals surface area (Å²) in [5, 5.41) is 0. The first-order valence-electron chi connectivity index (χ1n) is 2.16. The van der Waals surface area contributed by atoms with Crippen LogP contribution in [0, 0.1) is 0 Å². The summed E-state index contributed by atoms with van der Waals surface area (Å²) in [7, 11) is 0. The molecular weight excluding hydrogens is 106 g/mol. The Labute approximate surface area is 46.7 Å². The number of hydrogen-bond donors (Lipinski definition) is 0. The molecule has 1 radical (unpaired) electrons. The molecule has 0 spiro atoms. The van der Waals surface area contributed by atoms with Crippen LogP contribution in [0.15, 0.2) is 17.0 Å². The summed E-state index contributed by atoms with van der Waals surface area (Å²) in [5.41, 5.74) is 0. The molecule has 0 atom stereocenters. The van der Waals surface area contributed by atoms with Crippen molar-refractivity contribution in [2.75, 3.05) is 6.61 Å². The number of rotatable bonds is 1. The van der Waals surface area contributed by atoms with E-state index in [4.69, 9.17) is 4.74 Å². The number of carbonyl (C=O) groups excluding carboxylic acids is 1. The molecule has 0 saturated heterocycles. The molecule has 1 heterocycles. The molecule has 3 nitrogen and oxygen atoms in total. The number of hydrogen-bond acceptors (Lipinski definition) is 3. The molecule has 1 aliphatic rings. The maximum atomic E-state index is 9.77. The first-order valence-corrected chi connectivity index (χ1v) is 2.16. The molecule has 0 bridgehead atoms. The van der Waals surface area contributed by atoms with E-state index in [1.165, 1.54) is 6.20 Å². The van der Waals surface area contributed by atoms with Crippen molar-refractivity contribution in [3.8, 4) is 0 Å². The van der Waals surface area contributed by atoms with E-state index in [1.54, 1.807) is 12.5 Å². The van der Waals surface area contributed by atoms with Crippen molar-refractivity contribution >= 4 is 12.5 Å². The third-order valence-electron chi connectivity index (χ3n) is 0.711. The van der Waals surface area contributed by atoms with Crippen LogP contribution in [-0.2, 0) is 9.53 Å². The highest BCUT2D eigenvalue weighted by molar-refractivity contribution is 5.74. The fraction of sp³-hybridized carbons (Fsp3) is 0.200. The van der Waals surface area contributed by atoms with Gasteiger partial charge in [-0.3, -0.25) is 9.79 Å². The number of allylic oxidation sites excluding steroid dienone is 1. The first-order chi connectivity index (χ1) is 3.93. The highest BCUT2D eigenvalue weighted by Crippen LogP contribution is 1.95. The smallest absolute Gasteiger partial charge is 0.272 e. The standard InChI is InChI=1S/C5H4NO2/c7-4-5-3-6-1-2-8-5/h1,3H,2H2. The molecule has 0 N–H and O–H groups in total. The van der Waals surface area contributed by atoms with E-state index < -0.39 is 0 Å². The minimum Gasteiger partial charge on any atom is -0.482 e. The Morgan fingerprint density at radius 3 is 3.12 bits per heavy atom. The fourth-order valence-corrected chi connectivity index (χ4v) is 0.384. The summed E-state index contributed by atoms with van der Waals surface area (Å²) < 4.78 is 4.72. The lowest BCUT2D eigenvalue weighted by Crippen LogP contribution is -2.00. The molecule has 0 saturated carbocycles. The summed E-state index contributed by atoms with van der Waals surface area (Å²) >= 11 is 0. The minimum atomic E-state index is 0.174. The molecule has 1 aliphatic heterocycles. The van der Waals surface area contributed by atoms with Crippen LogP contribution in [0.3, 0.4) is 0 Å². The topological polar surface area (TPSA) is 38.7 Å². The van der Waals surface area contributed by atoms with E-state index in [9.17, 15) is 4.79 Å². The lowest BCUT2D eigenvalue weighted by atomic mass is 10.5. The third-order valence-corrected chi connectivity index (χ3v) is 0.711. The van der Waals surface area contributed by atoms with E-state index in [0.29, 0.717) is 6.61 Å². The largest absolute Gasteiger partial charge is 0.482 e. The molecule has 0 aromatic heterocycles. The van der Waals surface area contributed by atoms with Crippen LogP contribution in [-0.4, -0.2) is 19.1 Å². The lowest BCUT2D eigenvalue weighted by molar-refractivity contribution is 0.275. The number of nitrogens with zero attached hydrogens (tertiary/aromatic N) is 1. The highest BCUT2D eigenvalue weighted by Gasteiger charge is 1.96. The Hall–Kier alpha value is -1.12. The van der Waals surface area contributed by atoms with Crippen molar-refractivity contribution < 1.29 is 9.53 Å². The Balaban J connectivity index is 2.63. The van der Waals surface area contributed by atoms with Crippen LogP contribution in [0.1, 0.15) is 0 Å². The molecule has 41 valence electrons. The molecule has 8 heavy (non-hydrogen) atoms. The van der Waals surface area contributed by atoms with Gasteiger partial charge in [0.15, 0.2) is 5.76 Å². The van der Waals surface area contributed by atoms with Gasteiger partial charge in [0.1, 0.15) is 6.61 Å². The Morgan fingerprint density at radius 1 is 1.88 bits per heavy atom. The number of aliphatic imine (C=N–C) groups is 1. The molecule has 3 heteroatoms. The zero-order valence-electron chi connectivity index (χ0n) is 4.13.